The third-order valence-corrected chi connectivity index (χ3v) is 3.83. The minimum absolute atomic E-state index is 0.186. The van der Waals surface area contributed by atoms with Gasteiger partial charge in [-0.25, -0.2) is 0 Å². The van der Waals surface area contributed by atoms with Gasteiger partial charge in [-0.3, -0.25) is 20.4 Å². The molecule has 0 bridgehead atoms. The van der Waals surface area contributed by atoms with E-state index in [0.717, 1.165) is 16.7 Å². The summed E-state index contributed by atoms with van der Waals surface area (Å²) < 4.78 is 11.0. The van der Waals surface area contributed by atoms with E-state index in [9.17, 15) is 9.59 Å². The van der Waals surface area contributed by atoms with Gasteiger partial charge in [0, 0.05) is 6.42 Å². The van der Waals surface area contributed by atoms with E-state index in [1.807, 2.05) is 56.3 Å². The van der Waals surface area contributed by atoms with Crippen LogP contribution in [0.2, 0.25) is 0 Å². The lowest BCUT2D eigenvalue weighted by Gasteiger charge is -2.13. The quantitative estimate of drug-likeness (QED) is 0.833. The summed E-state index contributed by atoms with van der Waals surface area (Å²) in [6, 6.07) is 13.2. The minimum Gasteiger partial charge on any atom is -0.484 e. The highest BCUT2D eigenvalue weighted by atomic mass is 16.5. The van der Waals surface area contributed by atoms with Crippen molar-refractivity contribution in [1.82, 2.24) is 10.9 Å². The highest BCUT2D eigenvalue weighted by Crippen LogP contribution is 2.27. The van der Waals surface area contributed by atoms with Crippen LogP contribution in [0.25, 0.3) is 0 Å². The molecule has 0 aromatic heterocycles. The van der Waals surface area contributed by atoms with Crippen molar-refractivity contribution in [2.24, 2.45) is 0 Å². The van der Waals surface area contributed by atoms with Gasteiger partial charge in [0.15, 0.2) is 12.7 Å². The van der Waals surface area contributed by atoms with Gasteiger partial charge in [-0.05, 0) is 48.7 Å². The van der Waals surface area contributed by atoms with Crippen LogP contribution >= 0.6 is 0 Å². The Labute approximate surface area is 146 Å². The maximum absolute atomic E-state index is 12.1. The van der Waals surface area contributed by atoms with Gasteiger partial charge < -0.3 is 9.47 Å². The van der Waals surface area contributed by atoms with Crippen LogP contribution < -0.4 is 20.3 Å². The molecule has 0 radical (unpaired) electrons. The van der Waals surface area contributed by atoms with Crippen LogP contribution in [0, 0.1) is 13.8 Å². The number of benzene rings is 2. The molecule has 2 aromatic carbocycles. The molecule has 6 heteroatoms. The number of rotatable bonds is 4. The molecule has 0 aliphatic carbocycles. The lowest BCUT2D eigenvalue weighted by molar-refractivity contribution is -0.133. The molecule has 1 heterocycles. The Hall–Kier alpha value is -3.02. The molecule has 1 aliphatic heterocycles. The molecule has 130 valence electrons. The summed E-state index contributed by atoms with van der Waals surface area (Å²) in [5, 5.41) is 0. The van der Waals surface area contributed by atoms with Gasteiger partial charge >= 0.3 is 0 Å². The molecule has 0 fully saturated rings. The first kappa shape index (κ1) is 16.8. The first-order valence-electron chi connectivity index (χ1n) is 8.05. The van der Waals surface area contributed by atoms with Crippen LogP contribution in [0.1, 0.15) is 16.7 Å². The molecule has 2 N–H and O–H groups in total. The highest BCUT2D eigenvalue weighted by molar-refractivity contribution is 5.86. The molecule has 25 heavy (non-hydrogen) atoms. The lowest BCUT2D eigenvalue weighted by Crippen LogP contribution is -2.49. The number of carbonyl (C=O) groups excluding carboxylic acids is 2. The molecule has 3 rings (SSSR count). The summed E-state index contributed by atoms with van der Waals surface area (Å²) >= 11 is 0. The molecule has 0 saturated heterocycles. The second kappa shape index (κ2) is 7.25. The monoisotopic (exact) mass is 340 g/mol. The van der Waals surface area contributed by atoms with Crippen molar-refractivity contribution < 1.29 is 19.1 Å². The van der Waals surface area contributed by atoms with Crippen molar-refractivity contribution in [1.29, 1.82) is 0 Å². The summed E-state index contributed by atoms with van der Waals surface area (Å²) in [7, 11) is 0. The first-order chi connectivity index (χ1) is 12.0. The van der Waals surface area contributed by atoms with E-state index in [2.05, 4.69) is 10.9 Å². The fourth-order valence-electron chi connectivity index (χ4n) is 2.74. The Bertz CT molecular complexity index is 759. The molecule has 0 saturated carbocycles. The summed E-state index contributed by atoms with van der Waals surface area (Å²) in [4.78, 5) is 23.9. The van der Waals surface area contributed by atoms with Crippen LogP contribution in [0.15, 0.2) is 42.5 Å². The zero-order chi connectivity index (χ0) is 17.8. The number of ether oxygens (including phenoxy) is 2. The number of para-hydroxylation sites is 1. The Morgan fingerprint density at radius 3 is 2.56 bits per heavy atom. The number of nitrogens with one attached hydrogen (secondary N) is 2. The lowest BCUT2D eigenvalue weighted by atomic mass is 10.1. The molecule has 0 spiro atoms. The van der Waals surface area contributed by atoms with E-state index in [1.54, 1.807) is 0 Å². The van der Waals surface area contributed by atoms with Crippen LogP contribution in [0.5, 0.6) is 11.5 Å². The first-order valence-corrected chi connectivity index (χ1v) is 8.05. The van der Waals surface area contributed by atoms with Crippen molar-refractivity contribution in [2.75, 3.05) is 6.61 Å². The Balaban J connectivity index is 1.44. The van der Waals surface area contributed by atoms with Crippen molar-refractivity contribution in [3.63, 3.8) is 0 Å². The van der Waals surface area contributed by atoms with Gasteiger partial charge in [-0.1, -0.05) is 24.3 Å². The summed E-state index contributed by atoms with van der Waals surface area (Å²) in [5.74, 6) is 0.486. The maximum Gasteiger partial charge on any atom is 0.279 e. The van der Waals surface area contributed by atoms with E-state index in [0.29, 0.717) is 17.9 Å². The smallest absolute Gasteiger partial charge is 0.279 e. The van der Waals surface area contributed by atoms with Gasteiger partial charge in [0.05, 0.1) is 0 Å². The van der Waals surface area contributed by atoms with Crippen LogP contribution in [-0.2, 0) is 16.0 Å². The largest absolute Gasteiger partial charge is 0.484 e. The summed E-state index contributed by atoms with van der Waals surface area (Å²) in [6.07, 6.45) is -0.158. The fourth-order valence-corrected chi connectivity index (χ4v) is 2.74. The van der Waals surface area contributed by atoms with Gasteiger partial charge in [0.1, 0.15) is 11.5 Å². The summed E-state index contributed by atoms with van der Waals surface area (Å²) in [6.45, 7) is 3.73. The van der Waals surface area contributed by atoms with Crippen molar-refractivity contribution in [2.45, 2.75) is 26.4 Å². The number of carbonyl (C=O) groups is 2. The van der Waals surface area contributed by atoms with Gasteiger partial charge in [-0.15, -0.1) is 0 Å². The third-order valence-electron chi connectivity index (χ3n) is 3.83. The number of aryl methyl sites for hydroxylation is 2. The van der Waals surface area contributed by atoms with Crippen LogP contribution in [0.4, 0.5) is 0 Å². The number of hydrogen-bond donors (Lipinski definition) is 2. The topological polar surface area (TPSA) is 76.7 Å². The molecule has 2 amide bonds. The third kappa shape index (κ3) is 4.29. The van der Waals surface area contributed by atoms with Gasteiger partial charge in [0.2, 0.25) is 0 Å². The molecule has 6 nitrogen and oxygen atoms in total. The zero-order valence-corrected chi connectivity index (χ0v) is 14.2. The number of amides is 2. The molecule has 2 aromatic rings. The van der Waals surface area contributed by atoms with Crippen LogP contribution in [-0.4, -0.2) is 24.5 Å². The standard InChI is InChI=1S/C19H20N2O4/c1-12-7-13(2)9-15(8-12)24-11-18(22)20-21-19(23)17-10-14-5-3-4-6-16(14)25-17/h3-9,17H,10-11H2,1-2H3,(H,20,22)(H,21,23). The molecule has 1 aliphatic rings. The van der Waals surface area contributed by atoms with Crippen molar-refractivity contribution >= 4 is 11.8 Å². The second-order valence-corrected chi connectivity index (χ2v) is 6.07. The molecular weight excluding hydrogens is 320 g/mol. The van der Waals surface area contributed by atoms with Gasteiger partial charge in [0.25, 0.3) is 11.8 Å². The fraction of sp³-hybridized carbons (Fsp3) is 0.263. The molecular formula is C19H20N2O4. The maximum atomic E-state index is 12.1. The normalized spacial score (nSPS) is 15.0. The highest BCUT2D eigenvalue weighted by Gasteiger charge is 2.28. The van der Waals surface area contributed by atoms with E-state index in [4.69, 9.17) is 9.47 Å². The zero-order valence-electron chi connectivity index (χ0n) is 14.2. The van der Waals surface area contributed by atoms with E-state index >= 15 is 0 Å². The van der Waals surface area contributed by atoms with Gasteiger partial charge in [-0.2, -0.15) is 0 Å². The molecule has 1 unspecified atom stereocenters. The van der Waals surface area contributed by atoms with E-state index < -0.39 is 17.9 Å². The Morgan fingerprint density at radius 2 is 1.84 bits per heavy atom. The van der Waals surface area contributed by atoms with Crippen molar-refractivity contribution in [3.8, 4) is 11.5 Å². The average Bonchev–Trinajstić information content (AvgIpc) is 3.01. The number of fused-ring (bicyclic) bond motifs is 1. The SMILES string of the molecule is Cc1cc(C)cc(OCC(=O)NNC(=O)C2Cc3ccccc3O2)c1. The van der Waals surface area contributed by atoms with Crippen molar-refractivity contribution in [3.05, 3.63) is 59.2 Å². The Kier molecular flexibility index (Phi) is 4.88. The van der Waals surface area contributed by atoms with E-state index in [-0.39, 0.29) is 6.61 Å². The minimum atomic E-state index is -0.641. The van der Waals surface area contributed by atoms with E-state index in [1.165, 1.54) is 0 Å². The van der Waals surface area contributed by atoms with Crippen LogP contribution in [0.3, 0.4) is 0 Å². The number of hydrazine groups is 1. The second-order valence-electron chi connectivity index (χ2n) is 6.07. The number of hydrogen-bond acceptors (Lipinski definition) is 4. The summed E-state index contributed by atoms with van der Waals surface area (Å²) in [5.41, 5.74) is 7.81. The average molecular weight is 340 g/mol. The predicted octanol–water partition coefficient (Wildman–Crippen LogP) is 1.83. The molecule has 1 atom stereocenters. The Morgan fingerprint density at radius 1 is 1.12 bits per heavy atom. The predicted molar refractivity (Wildman–Crippen MR) is 92.3 cm³/mol.